The smallest absolute Gasteiger partial charge is 0.254 e. The first-order valence-electron chi connectivity index (χ1n) is 7.99. The highest BCUT2D eigenvalue weighted by molar-refractivity contribution is 5.97. The number of morpholine rings is 1. The molecule has 1 aromatic carbocycles. The Morgan fingerprint density at radius 2 is 2.17 bits per heavy atom. The molecule has 1 aliphatic heterocycles. The van der Waals surface area contributed by atoms with Crippen LogP contribution >= 0.6 is 0 Å². The lowest BCUT2D eigenvalue weighted by Gasteiger charge is -2.23. The topological polar surface area (TPSA) is 79.5 Å². The van der Waals surface area contributed by atoms with E-state index in [1.54, 1.807) is 18.2 Å². The Kier molecular flexibility index (Phi) is 6.12. The van der Waals surface area contributed by atoms with Gasteiger partial charge in [0.25, 0.3) is 11.8 Å². The van der Waals surface area contributed by atoms with Crippen molar-refractivity contribution in [2.45, 2.75) is 26.9 Å². The molecule has 0 radical (unpaired) electrons. The number of amides is 2. The second-order valence-corrected chi connectivity index (χ2v) is 6.19. The van der Waals surface area contributed by atoms with Crippen LogP contribution in [0, 0.1) is 12.8 Å². The van der Waals surface area contributed by atoms with Crippen molar-refractivity contribution in [2.75, 3.05) is 31.6 Å². The largest absolute Gasteiger partial charge is 0.366 e. The summed E-state index contributed by atoms with van der Waals surface area (Å²) in [5.74, 6) is 0.138. The van der Waals surface area contributed by atoms with E-state index in [2.05, 4.69) is 16.0 Å². The number of anilines is 1. The SMILES string of the molecule is Cc1cc(C(=O)NCC(C)C)ccc1NC(=O)C1CNCCO1. The van der Waals surface area contributed by atoms with Gasteiger partial charge < -0.3 is 20.7 Å². The summed E-state index contributed by atoms with van der Waals surface area (Å²) in [5.41, 5.74) is 2.14. The maximum atomic E-state index is 12.2. The highest BCUT2D eigenvalue weighted by Gasteiger charge is 2.22. The summed E-state index contributed by atoms with van der Waals surface area (Å²) in [6.45, 7) is 8.42. The van der Waals surface area contributed by atoms with Crippen LogP contribution in [0.15, 0.2) is 18.2 Å². The third-order valence-corrected chi connectivity index (χ3v) is 3.64. The molecule has 2 rings (SSSR count). The molecule has 0 bridgehead atoms. The Morgan fingerprint density at radius 1 is 1.39 bits per heavy atom. The number of benzene rings is 1. The van der Waals surface area contributed by atoms with Crippen LogP contribution in [0.5, 0.6) is 0 Å². The lowest BCUT2D eigenvalue weighted by Crippen LogP contribution is -2.45. The minimum atomic E-state index is -0.475. The van der Waals surface area contributed by atoms with Crippen molar-refractivity contribution in [1.82, 2.24) is 10.6 Å². The average molecular weight is 319 g/mol. The molecule has 0 aliphatic carbocycles. The lowest BCUT2D eigenvalue weighted by atomic mass is 10.1. The molecule has 6 heteroatoms. The molecule has 0 spiro atoms. The number of hydrogen-bond acceptors (Lipinski definition) is 4. The molecule has 2 amide bonds. The van der Waals surface area contributed by atoms with Gasteiger partial charge in [-0.05, 0) is 36.6 Å². The van der Waals surface area contributed by atoms with Crippen molar-refractivity contribution < 1.29 is 14.3 Å². The fraction of sp³-hybridized carbons (Fsp3) is 0.529. The summed E-state index contributed by atoms with van der Waals surface area (Å²) in [4.78, 5) is 24.2. The Bertz CT molecular complexity index is 566. The number of carbonyl (C=O) groups is 2. The normalized spacial score (nSPS) is 17.8. The van der Waals surface area contributed by atoms with Crippen LogP contribution in [0.3, 0.4) is 0 Å². The standard InChI is InChI=1S/C17H25N3O3/c1-11(2)9-19-16(21)13-4-5-14(12(3)8-13)20-17(22)15-10-18-6-7-23-15/h4-5,8,11,15,18H,6-7,9-10H2,1-3H3,(H,19,21)(H,20,22). The van der Waals surface area contributed by atoms with Gasteiger partial charge >= 0.3 is 0 Å². The van der Waals surface area contributed by atoms with Gasteiger partial charge in [0.05, 0.1) is 6.61 Å². The third-order valence-electron chi connectivity index (χ3n) is 3.64. The van der Waals surface area contributed by atoms with E-state index in [1.165, 1.54) is 0 Å². The van der Waals surface area contributed by atoms with Gasteiger partial charge in [0.15, 0.2) is 0 Å². The summed E-state index contributed by atoms with van der Waals surface area (Å²) < 4.78 is 5.43. The summed E-state index contributed by atoms with van der Waals surface area (Å²) in [6.07, 6.45) is -0.475. The molecule has 1 aliphatic rings. The van der Waals surface area contributed by atoms with Crippen LogP contribution in [0.2, 0.25) is 0 Å². The molecule has 126 valence electrons. The molecule has 1 saturated heterocycles. The Morgan fingerprint density at radius 3 is 2.78 bits per heavy atom. The second kappa shape index (κ2) is 8.08. The Labute approximate surface area is 137 Å². The molecule has 1 unspecified atom stereocenters. The lowest BCUT2D eigenvalue weighted by molar-refractivity contribution is -0.128. The summed E-state index contributed by atoms with van der Waals surface area (Å²) in [7, 11) is 0. The van der Waals surface area contributed by atoms with Gasteiger partial charge in [0.1, 0.15) is 6.10 Å². The van der Waals surface area contributed by atoms with E-state index in [0.29, 0.717) is 36.9 Å². The van der Waals surface area contributed by atoms with Crippen LogP contribution in [0.4, 0.5) is 5.69 Å². The fourth-order valence-electron chi connectivity index (χ4n) is 2.29. The zero-order valence-corrected chi connectivity index (χ0v) is 13.9. The van der Waals surface area contributed by atoms with E-state index in [1.807, 2.05) is 20.8 Å². The summed E-state index contributed by atoms with van der Waals surface area (Å²) in [6, 6.07) is 5.26. The molecule has 1 aromatic rings. The first-order chi connectivity index (χ1) is 11.0. The van der Waals surface area contributed by atoms with E-state index in [-0.39, 0.29) is 11.8 Å². The van der Waals surface area contributed by atoms with E-state index >= 15 is 0 Å². The molecule has 1 atom stereocenters. The van der Waals surface area contributed by atoms with E-state index in [0.717, 1.165) is 12.1 Å². The fourth-order valence-corrected chi connectivity index (χ4v) is 2.29. The highest BCUT2D eigenvalue weighted by atomic mass is 16.5. The zero-order valence-electron chi connectivity index (χ0n) is 13.9. The van der Waals surface area contributed by atoms with Crippen molar-refractivity contribution in [3.8, 4) is 0 Å². The van der Waals surface area contributed by atoms with Gasteiger partial charge in [-0.1, -0.05) is 13.8 Å². The van der Waals surface area contributed by atoms with Crippen molar-refractivity contribution >= 4 is 17.5 Å². The van der Waals surface area contributed by atoms with Gasteiger partial charge in [-0.2, -0.15) is 0 Å². The first-order valence-corrected chi connectivity index (χ1v) is 7.99. The van der Waals surface area contributed by atoms with Crippen molar-refractivity contribution in [2.24, 2.45) is 5.92 Å². The van der Waals surface area contributed by atoms with Crippen LogP contribution < -0.4 is 16.0 Å². The highest BCUT2D eigenvalue weighted by Crippen LogP contribution is 2.17. The van der Waals surface area contributed by atoms with Crippen LogP contribution in [0.1, 0.15) is 29.8 Å². The summed E-state index contributed by atoms with van der Waals surface area (Å²) in [5, 5.41) is 8.87. The maximum Gasteiger partial charge on any atom is 0.254 e. The minimum Gasteiger partial charge on any atom is -0.366 e. The molecule has 23 heavy (non-hydrogen) atoms. The summed E-state index contributed by atoms with van der Waals surface area (Å²) >= 11 is 0. The number of carbonyl (C=O) groups excluding carboxylic acids is 2. The molecule has 1 fully saturated rings. The Hall–Kier alpha value is -1.92. The predicted octanol–water partition coefficient (Wildman–Crippen LogP) is 1.31. The predicted molar refractivity (Wildman–Crippen MR) is 89.6 cm³/mol. The van der Waals surface area contributed by atoms with Crippen molar-refractivity contribution in [3.63, 3.8) is 0 Å². The minimum absolute atomic E-state index is 0.0977. The quantitative estimate of drug-likeness (QED) is 0.764. The van der Waals surface area contributed by atoms with Crippen LogP contribution in [-0.4, -0.2) is 44.2 Å². The molecule has 3 N–H and O–H groups in total. The van der Waals surface area contributed by atoms with Crippen molar-refractivity contribution in [3.05, 3.63) is 29.3 Å². The van der Waals surface area contributed by atoms with Gasteiger partial charge in [0.2, 0.25) is 0 Å². The van der Waals surface area contributed by atoms with Gasteiger partial charge in [-0.25, -0.2) is 0 Å². The second-order valence-electron chi connectivity index (χ2n) is 6.19. The number of rotatable bonds is 5. The van der Waals surface area contributed by atoms with Gasteiger partial charge in [-0.3, -0.25) is 9.59 Å². The first kappa shape index (κ1) is 17.4. The molecule has 0 saturated carbocycles. The van der Waals surface area contributed by atoms with Crippen LogP contribution in [0.25, 0.3) is 0 Å². The van der Waals surface area contributed by atoms with E-state index in [4.69, 9.17) is 4.74 Å². The van der Waals surface area contributed by atoms with Crippen LogP contribution in [-0.2, 0) is 9.53 Å². The molecule has 6 nitrogen and oxygen atoms in total. The third kappa shape index (κ3) is 5.04. The van der Waals surface area contributed by atoms with Gasteiger partial charge in [-0.15, -0.1) is 0 Å². The number of aryl methyl sites for hydroxylation is 1. The van der Waals surface area contributed by atoms with Crippen molar-refractivity contribution in [1.29, 1.82) is 0 Å². The number of ether oxygens (including phenoxy) is 1. The Balaban J connectivity index is 1.98. The monoisotopic (exact) mass is 319 g/mol. The molecular weight excluding hydrogens is 294 g/mol. The maximum absolute atomic E-state index is 12.2. The number of nitrogens with one attached hydrogen (secondary N) is 3. The number of hydrogen-bond donors (Lipinski definition) is 3. The molecule has 1 heterocycles. The molecular formula is C17H25N3O3. The zero-order chi connectivity index (χ0) is 16.8. The average Bonchev–Trinajstić information content (AvgIpc) is 2.55. The van der Waals surface area contributed by atoms with E-state index in [9.17, 15) is 9.59 Å². The molecule has 0 aromatic heterocycles. The van der Waals surface area contributed by atoms with Gasteiger partial charge in [0, 0.05) is 30.9 Å². The van der Waals surface area contributed by atoms with E-state index < -0.39 is 6.10 Å².